The Balaban J connectivity index is 0.00000169. The van der Waals surface area contributed by atoms with Gasteiger partial charge in [-0.25, -0.2) is 13.8 Å². The maximum absolute atomic E-state index is 11.9. The van der Waals surface area contributed by atoms with Gasteiger partial charge in [0.1, 0.15) is 4.60 Å². The first-order valence-corrected chi connectivity index (χ1v) is 4.54. The van der Waals surface area contributed by atoms with Crippen molar-refractivity contribution in [2.45, 2.75) is 18.9 Å². The third-order valence-electron chi connectivity index (χ3n) is 1.61. The molecule has 1 rings (SSSR count). The van der Waals surface area contributed by atoms with E-state index in [0.717, 1.165) is 0 Å². The summed E-state index contributed by atoms with van der Waals surface area (Å²) in [4.78, 5) is 3.90. The first-order valence-electron chi connectivity index (χ1n) is 3.75. The molecule has 0 bridgehead atoms. The summed E-state index contributed by atoms with van der Waals surface area (Å²) in [5.74, 6) is 0. The maximum atomic E-state index is 11.9. The van der Waals surface area contributed by atoms with Gasteiger partial charge in [-0.3, -0.25) is 0 Å². The summed E-state index contributed by atoms with van der Waals surface area (Å²) in [7, 11) is 0. The van der Waals surface area contributed by atoms with Crippen molar-refractivity contribution in [2.75, 3.05) is 0 Å². The van der Waals surface area contributed by atoms with Crippen molar-refractivity contribution in [1.29, 1.82) is 0 Å². The van der Waals surface area contributed by atoms with Gasteiger partial charge in [-0.1, -0.05) is 6.07 Å². The zero-order valence-corrected chi connectivity index (χ0v) is 9.56. The lowest BCUT2D eigenvalue weighted by molar-refractivity contribution is 0.128. The molecule has 6 heteroatoms. The molecule has 0 saturated heterocycles. The van der Waals surface area contributed by atoms with E-state index in [1.807, 2.05) is 0 Å². The van der Waals surface area contributed by atoms with E-state index in [1.54, 1.807) is 12.1 Å². The van der Waals surface area contributed by atoms with Crippen molar-refractivity contribution in [1.82, 2.24) is 4.98 Å². The van der Waals surface area contributed by atoms with Crippen LogP contribution >= 0.6 is 28.3 Å². The lowest BCUT2D eigenvalue weighted by Crippen LogP contribution is -2.14. The summed E-state index contributed by atoms with van der Waals surface area (Å²) in [6.07, 6.45) is -1.21. The van der Waals surface area contributed by atoms with Gasteiger partial charge in [0, 0.05) is 18.7 Å². The fourth-order valence-corrected chi connectivity index (χ4v) is 1.17. The number of rotatable bonds is 3. The van der Waals surface area contributed by atoms with E-state index in [0.29, 0.717) is 10.2 Å². The van der Waals surface area contributed by atoms with Gasteiger partial charge in [0.15, 0.2) is 0 Å². The Morgan fingerprint density at radius 1 is 1.43 bits per heavy atom. The predicted molar refractivity (Wildman–Crippen MR) is 56.7 cm³/mol. The Morgan fingerprint density at radius 3 is 2.50 bits per heavy atom. The highest BCUT2D eigenvalue weighted by Crippen LogP contribution is 2.18. The van der Waals surface area contributed by atoms with Crippen molar-refractivity contribution in [3.05, 3.63) is 28.5 Å². The molecule has 14 heavy (non-hydrogen) atoms. The number of alkyl halides is 2. The molecule has 0 aliphatic rings. The number of nitrogens with zero attached hydrogens (tertiary/aromatic N) is 1. The zero-order chi connectivity index (χ0) is 9.84. The van der Waals surface area contributed by atoms with Crippen LogP contribution in [0.25, 0.3) is 0 Å². The summed E-state index contributed by atoms with van der Waals surface area (Å²) in [6.45, 7) is 0. The Bertz CT molecular complexity index is 269. The van der Waals surface area contributed by atoms with Crippen LogP contribution in [0.5, 0.6) is 0 Å². The van der Waals surface area contributed by atoms with Crippen molar-refractivity contribution in [2.24, 2.45) is 5.73 Å². The van der Waals surface area contributed by atoms with Gasteiger partial charge < -0.3 is 5.73 Å². The molecule has 0 amide bonds. The average molecular weight is 288 g/mol. The third kappa shape index (κ3) is 4.30. The van der Waals surface area contributed by atoms with E-state index in [4.69, 9.17) is 5.73 Å². The molecule has 2 N–H and O–H groups in total. The Morgan fingerprint density at radius 2 is 2.07 bits per heavy atom. The van der Waals surface area contributed by atoms with E-state index >= 15 is 0 Å². The molecular weight excluding hydrogens is 277 g/mol. The number of pyridine rings is 1. The van der Waals surface area contributed by atoms with Gasteiger partial charge in [-0.15, -0.1) is 12.4 Å². The molecule has 80 valence electrons. The molecule has 0 unspecified atom stereocenters. The van der Waals surface area contributed by atoms with Gasteiger partial charge >= 0.3 is 0 Å². The summed E-state index contributed by atoms with van der Waals surface area (Å²) >= 11 is 3.15. The molecule has 0 spiro atoms. The monoisotopic (exact) mass is 286 g/mol. The second kappa shape index (κ2) is 6.27. The summed E-state index contributed by atoms with van der Waals surface area (Å²) < 4.78 is 24.5. The molecule has 0 aliphatic heterocycles. The Labute approximate surface area is 95.4 Å². The second-order valence-electron chi connectivity index (χ2n) is 2.65. The highest BCUT2D eigenvalue weighted by atomic mass is 79.9. The fraction of sp³-hybridized carbons (Fsp3) is 0.375. The fourth-order valence-electron chi connectivity index (χ4n) is 0.935. The molecular formula is C8H10BrClF2N2. The zero-order valence-electron chi connectivity index (χ0n) is 7.16. The Kier molecular flexibility index (Phi) is 6.15. The number of hydrogen-bond donors (Lipinski definition) is 1. The molecule has 0 aliphatic carbocycles. The second-order valence-corrected chi connectivity index (χ2v) is 3.46. The minimum Gasteiger partial charge on any atom is -0.324 e. The van der Waals surface area contributed by atoms with Crippen molar-refractivity contribution >= 4 is 28.3 Å². The molecule has 1 aromatic rings. The Hall–Kier alpha value is -0.260. The topological polar surface area (TPSA) is 38.9 Å². The van der Waals surface area contributed by atoms with Crippen LogP contribution in [0.1, 0.15) is 18.0 Å². The van der Waals surface area contributed by atoms with Crippen molar-refractivity contribution < 1.29 is 8.78 Å². The smallest absolute Gasteiger partial charge is 0.240 e. The van der Waals surface area contributed by atoms with Gasteiger partial charge in [0.05, 0.1) is 0 Å². The SMILES string of the molecule is Cl.N[C@@H](CC(F)F)c1ccc(Br)nc1. The average Bonchev–Trinajstić information content (AvgIpc) is 2.04. The molecule has 1 aromatic heterocycles. The minimum atomic E-state index is -2.38. The van der Waals surface area contributed by atoms with Crippen LogP contribution < -0.4 is 5.73 Å². The van der Waals surface area contributed by atoms with Crippen LogP contribution in [-0.2, 0) is 0 Å². The summed E-state index contributed by atoms with van der Waals surface area (Å²) in [6, 6.07) is 2.73. The predicted octanol–water partition coefficient (Wildman–Crippen LogP) is 2.92. The standard InChI is InChI=1S/C8H9BrF2N2.ClH/c9-7-2-1-5(4-13-7)6(12)3-8(10)11;/h1-2,4,6,8H,3,12H2;1H/t6-;/m0./s1. The van der Waals surface area contributed by atoms with Gasteiger partial charge in [-0.2, -0.15) is 0 Å². The third-order valence-corrected chi connectivity index (χ3v) is 2.08. The van der Waals surface area contributed by atoms with Gasteiger partial charge in [-0.05, 0) is 27.6 Å². The van der Waals surface area contributed by atoms with Gasteiger partial charge in [0.2, 0.25) is 6.43 Å². The van der Waals surface area contributed by atoms with Crippen LogP contribution in [0.15, 0.2) is 22.9 Å². The molecule has 2 nitrogen and oxygen atoms in total. The quantitative estimate of drug-likeness (QED) is 0.868. The number of aromatic nitrogens is 1. The van der Waals surface area contributed by atoms with E-state index in [1.165, 1.54) is 6.20 Å². The highest BCUT2D eigenvalue weighted by molar-refractivity contribution is 9.10. The first-order chi connectivity index (χ1) is 6.09. The lowest BCUT2D eigenvalue weighted by atomic mass is 10.1. The van der Waals surface area contributed by atoms with E-state index in [-0.39, 0.29) is 18.8 Å². The summed E-state index contributed by atoms with van der Waals surface area (Å²) in [5.41, 5.74) is 6.14. The summed E-state index contributed by atoms with van der Waals surface area (Å²) in [5, 5.41) is 0. The molecule has 0 saturated carbocycles. The van der Waals surface area contributed by atoms with Crippen LogP contribution in [0, 0.1) is 0 Å². The minimum absolute atomic E-state index is 0. The van der Waals surface area contributed by atoms with Crippen molar-refractivity contribution in [3.8, 4) is 0 Å². The van der Waals surface area contributed by atoms with E-state index in [2.05, 4.69) is 20.9 Å². The molecule has 0 fully saturated rings. The van der Waals surface area contributed by atoms with E-state index in [9.17, 15) is 8.78 Å². The normalized spacial score (nSPS) is 12.4. The lowest BCUT2D eigenvalue weighted by Gasteiger charge is -2.10. The highest BCUT2D eigenvalue weighted by Gasteiger charge is 2.12. The maximum Gasteiger partial charge on any atom is 0.240 e. The molecule has 0 aromatic carbocycles. The molecule has 1 heterocycles. The first kappa shape index (κ1) is 13.7. The number of halogens is 4. The number of nitrogens with two attached hydrogens (primary N) is 1. The van der Waals surface area contributed by atoms with Crippen molar-refractivity contribution in [3.63, 3.8) is 0 Å². The van der Waals surface area contributed by atoms with Gasteiger partial charge in [0.25, 0.3) is 0 Å². The largest absolute Gasteiger partial charge is 0.324 e. The van der Waals surface area contributed by atoms with E-state index < -0.39 is 12.5 Å². The molecule has 0 radical (unpaired) electrons. The van der Waals surface area contributed by atoms with Crippen LogP contribution in [0.4, 0.5) is 8.78 Å². The van der Waals surface area contributed by atoms with Crippen LogP contribution in [-0.4, -0.2) is 11.4 Å². The molecule has 1 atom stereocenters. The number of hydrogen-bond acceptors (Lipinski definition) is 2. The van der Waals surface area contributed by atoms with Crippen LogP contribution in [0.3, 0.4) is 0 Å². The van der Waals surface area contributed by atoms with Crippen LogP contribution in [0.2, 0.25) is 0 Å².